The molecule has 3 rings (SSSR count). The lowest BCUT2D eigenvalue weighted by atomic mass is 10.1. The summed E-state index contributed by atoms with van der Waals surface area (Å²) in [5, 5.41) is 23.7. The first-order chi connectivity index (χ1) is 26.3. The summed E-state index contributed by atoms with van der Waals surface area (Å²) in [6, 6.07) is 14.3. The smallest absolute Gasteiger partial charge is 0.429 e. The Morgan fingerprint density at radius 1 is 0.855 bits per heavy atom. The first-order valence-corrected chi connectivity index (χ1v) is 16.9. The van der Waals surface area contributed by atoms with Crippen molar-refractivity contribution in [1.29, 1.82) is 0 Å². The highest BCUT2D eigenvalue weighted by Gasteiger charge is 2.24. The van der Waals surface area contributed by atoms with Crippen LogP contribution in [0.15, 0.2) is 72.8 Å². The number of benzene rings is 3. The first-order valence-electron chi connectivity index (χ1n) is 16.9. The summed E-state index contributed by atoms with van der Waals surface area (Å²) in [6.07, 6.45) is -0.0565. The molecule has 19 nitrogen and oxygen atoms in total. The van der Waals surface area contributed by atoms with Gasteiger partial charge in [0, 0.05) is 48.5 Å². The molecule has 0 fully saturated rings. The van der Waals surface area contributed by atoms with E-state index in [9.17, 15) is 43.7 Å². The molecule has 0 spiro atoms. The van der Waals surface area contributed by atoms with Crippen molar-refractivity contribution in [1.82, 2.24) is 21.3 Å². The highest BCUT2D eigenvalue weighted by Crippen LogP contribution is 2.18. The molecule has 6 amide bonds. The number of nitro groups is 1. The molecule has 2 unspecified atom stereocenters. The topological polar surface area (TPSA) is 276 Å². The number of urea groups is 1. The molecule has 0 aliphatic rings. The minimum Gasteiger partial charge on any atom is -0.429 e. The number of nitrogens with two attached hydrogens (primary N) is 1. The third-order valence-electron chi connectivity index (χ3n) is 7.51. The summed E-state index contributed by atoms with van der Waals surface area (Å²) < 4.78 is 15.5. The normalized spacial score (nSPS) is 11.5. The molecule has 0 saturated heterocycles. The fourth-order valence-corrected chi connectivity index (χ4v) is 4.60. The SMILES string of the molecule is CC(NC(=O)CCOCCNC(=O)c1ccc(C=O)cc1)C(=O)NC(CCCNC(N)=O)C(=O)Nc1ccc(COC(=O)Oc2ccc([N+](=O)[O-])cc2)cc1. The number of ether oxygens (including phenoxy) is 3. The number of aldehydes is 1. The average molecular weight is 764 g/mol. The fraction of sp³-hybridized carbons (Fsp3) is 0.306. The molecule has 0 radical (unpaired) electrons. The Hall–Kier alpha value is -6.89. The average Bonchev–Trinajstić information content (AvgIpc) is 3.16. The number of nitrogens with zero attached hydrogens (tertiary/aromatic N) is 1. The first kappa shape index (κ1) is 42.5. The van der Waals surface area contributed by atoms with Crippen molar-refractivity contribution in [2.24, 2.45) is 5.73 Å². The van der Waals surface area contributed by atoms with Gasteiger partial charge in [-0.2, -0.15) is 0 Å². The number of carbonyl (C=O) groups is 7. The molecule has 292 valence electrons. The van der Waals surface area contributed by atoms with Crippen LogP contribution in [0.1, 0.15) is 52.5 Å². The van der Waals surface area contributed by atoms with Gasteiger partial charge in [0.15, 0.2) is 0 Å². The van der Waals surface area contributed by atoms with Crippen molar-refractivity contribution in [2.45, 2.75) is 44.9 Å². The predicted octanol–water partition coefficient (Wildman–Crippen LogP) is 2.34. The molecule has 0 saturated carbocycles. The second-order valence-corrected chi connectivity index (χ2v) is 11.7. The van der Waals surface area contributed by atoms with E-state index in [1.54, 1.807) is 24.3 Å². The van der Waals surface area contributed by atoms with Crippen LogP contribution in [0.3, 0.4) is 0 Å². The van der Waals surface area contributed by atoms with Gasteiger partial charge in [-0.15, -0.1) is 0 Å². The summed E-state index contributed by atoms with van der Waals surface area (Å²) in [7, 11) is 0. The van der Waals surface area contributed by atoms with E-state index in [4.69, 9.17) is 19.9 Å². The molecule has 0 bridgehead atoms. The van der Waals surface area contributed by atoms with Crippen molar-refractivity contribution >= 4 is 53.5 Å². The minimum atomic E-state index is -1.07. The summed E-state index contributed by atoms with van der Waals surface area (Å²) in [4.78, 5) is 94.9. The molecule has 0 aliphatic carbocycles. The standard InChI is InChI=1S/C36H41N7O12/c1-23(40-31(45)16-19-53-20-18-38-33(47)26-8-4-24(21-44)5-9-26)32(46)42-30(3-2-17-39-35(37)49)34(48)41-27-10-6-25(7-11-27)22-54-36(50)55-29-14-12-28(13-15-29)43(51)52/h4-15,21,23,30H,2-3,16-20,22H2,1H3,(H,38,47)(H,40,45)(H,41,48)(H,42,46)(H3,37,39,49). The maximum Gasteiger partial charge on any atom is 0.514 e. The Morgan fingerprint density at radius 3 is 2.18 bits per heavy atom. The third-order valence-corrected chi connectivity index (χ3v) is 7.51. The Morgan fingerprint density at radius 2 is 1.55 bits per heavy atom. The molecule has 2 atom stereocenters. The summed E-state index contributed by atoms with van der Waals surface area (Å²) in [6.45, 7) is 1.72. The maximum atomic E-state index is 13.2. The zero-order valence-electron chi connectivity index (χ0n) is 29.7. The molecule has 7 N–H and O–H groups in total. The number of non-ortho nitro benzene ring substituents is 1. The van der Waals surface area contributed by atoms with E-state index in [0.717, 1.165) is 0 Å². The van der Waals surface area contributed by atoms with E-state index in [-0.39, 0.29) is 69.5 Å². The molecule has 0 heterocycles. The number of anilines is 1. The summed E-state index contributed by atoms with van der Waals surface area (Å²) >= 11 is 0. The van der Waals surface area contributed by atoms with E-state index in [0.29, 0.717) is 28.7 Å². The van der Waals surface area contributed by atoms with Gasteiger partial charge in [-0.05, 0) is 61.7 Å². The molecule has 0 aromatic heterocycles. The monoisotopic (exact) mass is 763 g/mol. The van der Waals surface area contributed by atoms with E-state index in [1.807, 2.05) is 0 Å². The van der Waals surface area contributed by atoms with Crippen LogP contribution >= 0.6 is 0 Å². The second-order valence-electron chi connectivity index (χ2n) is 11.7. The van der Waals surface area contributed by atoms with Crippen LogP contribution in [0.25, 0.3) is 0 Å². The quantitative estimate of drug-likeness (QED) is 0.0228. The number of nitro benzene ring substituents is 1. The lowest BCUT2D eigenvalue weighted by Crippen LogP contribution is -2.51. The Bertz CT molecular complexity index is 1800. The Labute approximate surface area is 314 Å². The maximum absolute atomic E-state index is 13.2. The van der Waals surface area contributed by atoms with Crippen molar-refractivity contribution < 1.29 is 52.7 Å². The molecule has 3 aromatic rings. The zero-order valence-corrected chi connectivity index (χ0v) is 29.7. The third kappa shape index (κ3) is 15.7. The minimum absolute atomic E-state index is 0.0130. The molecule has 3 aromatic carbocycles. The number of rotatable bonds is 21. The summed E-state index contributed by atoms with van der Waals surface area (Å²) in [5.41, 5.74) is 6.66. The van der Waals surface area contributed by atoms with Crippen molar-refractivity contribution in [3.05, 3.63) is 99.6 Å². The van der Waals surface area contributed by atoms with Crippen LogP contribution < -0.4 is 37.1 Å². The van der Waals surface area contributed by atoms with Crippen LogP contribution in [0.2, 0.25) is 0 Å². The number of hydrogen-bond acceptors (Lipinski definition) is 12. The number of nitrogens with one attached hydrogen (secondary N) is 5. The summed E-state index contributed by atoms with van der Waals surface area (Å²) in [5.74, 6) is -2.01. The van der Waals surface area contributed by atoms with Gasteiger partial charge in [-0.3, -0.25) is 34.1 Å². The van der Waals surface area contributed by atoms with Crippen molar-refractivity contribution in [3.8, 4) is 5.75 Å². The number of primary amides is 1. The van der Waals surface area contributed by atoms with Gasteiger partial charge in [-0.25, -0.2) is 9.59 Å². The number of hydrogen-bond donors (Lipinski definition) is 6. The van der Waals surface area contributed by atoms with Crippen molar-refractivity contribution in [2.75, 3.05) is 31.6 Å². The molecular formula is C36H41N7O12. The van der Waals surface area contributed by atoms with E-state index in [2.05, 4.69) is 26.6 Å². The largest absolute Gasteiger partial charge is 0.514 e. The van der Waals surface area contributed by atoms with Gasteiger partial charge in [0.25, 0.3) is 11.6 Å². The second kappa shape index (κ2) is 22.2. The van der Waals surface area contributed by atoms with Gasteiger partial charge in [0.1, 0.15) is 30.7 Å². The zero-order chi connectivity index (χ0) is 40.2. The number of carbonyl (C=O) groups excluding carboxylic acids is 7. The molecule has 55 heavy (non-hydrogen) atoms. The molecule has 0 aliphatic heterocycles. The van der Waals surface area contributed by atoms with E-state index < -0.39 is 46.9 Å². The Kier molecular flexibility index (Phi) is 17.2. The van der Waals surface area contributed by atoms with Crippen molar-refractivity contribution in [3.63, 3.8) is 0 Å². The molecular weight excluding hydrogens is 722 g/mol. The van der Waals surface area contributed by atoms with Crippen LogP contribution in [0, 0.1) is 10.1 Å². The van der Waals surface area contributed by atoms with Gasteiger partial charge in [0.2, 0.25) is 17.7 Å². The highest BCUT2D eigenvalue weighted by molar-refractivity contribution is 5.98. The van der Waals surface area contributed by atoms with Gasteiger partial charge >= 0.3 is 12.2 Å². The highest BCUT2D eigenvalue weighted by atomic mass is 16.7. The lowest BCUT2D eigenvalue weighted by molar-refractivity contribution is -0.384. The van der Waals surface area contributed by atoms with Gasteiger partial charge in [0.05, 0.1) is 18.1 Å². The van der Waals surface area contributed by atoms with E-state index >= 15 is 0 Å². The van der Waals surface area contributed by atoms with Crippen LogP contribution in [-0.4, -0.2) is 85.4 Å². The van der Waals surface area contributed by atoms with E-state index in [1.165, 1.54) is 55.5 Å². The van der Waals surface area contributed by atoms with Crippen LogP contribution in [-0.2, 0) is 30.5 Å². The molecule has 19 heteroatoms. The van der Waals surface area contributed by atoms with Crippen LogP contribution in [0.4, 0.5) is 21.0 Å². The lowest BCUT2D eigenvalue weighted by Gasteiger charge is -2.21. The number of amides is 6. The van der Waals surface area contributed by atoms with Crippen LogP contribution in [0.5, 0.6) is 5.75 Å². The van der Waals surface area contributed by atoms with Gasteiger partial charge < -0.3 is 46.5 Å². The Balaban J connectivity index is 1.43. The van der Waals surface area contributed by atoms with Gasteiger partial charge in [-0.1, -0.05) is 24.3 Å². The predicted molar refractivity (Wildman–Crippen MR) is 195 cm³/mol. The fourth-order valence-electron chi connectivity index (χ4n) is 4.60.